The van der Waals surface area contributed by atoms with Gasteiger partial charge < -0.3 is 10.3 Å². The van der Waals surface area contributed by atoms with Crippen LogP contribution < -0.4 is 35.3 Å². The average molecular weight is 273 g/mol. The van der Waals surface area contributed by atoms with Crippen molar-refractivity contribution in [1.29, 1.82) is 5.53 Å². The Kier molecular flexibility index (Phi) is 4.46. The Balaban J connectivity index is 0.00000162. The Labute approximate surface area is 126 Å². The van der Waals surface area contributed by atoms with E-state index >= 15 is 0 Å². The van der Waals surface area contributed by atoms with Crippen molar-refractivity contribution in [2.24, 2.45) is 5.11 Å². The van der Waals surface area contributed by atoms with Gasteiger partial charge in [-0.1, -0.05) is 24.3 Å². The normalized spacial score (nSPS) is 10.9. The van der Waals surface area contributed by atoms with Crippen LogP contribution in [0.2, 0.25) is 0 Å². The Bertz CT molecular complexity index is 716. The number of fused-ring (bicyclic) bond motifs is 1. The number of benzene rings is 2. The van der Waals surface area contributed by atoms with Gasteiger partial charge >= 0.3 is 29.6 Å². The van der Waals surface area contributed by atoms with E-state index in [1.807, 2.05) is 0 Å². The van der Waals surface area contributed by atoms with Crippen molar-refractivity contribution in [2.75, 3.05) is 5.73 Å². The van der Waals surface area contributed by atoms with Gasteiger partial charge in [-0.05, 0) is 6.07 Å². The van der Waals surface area contributed by atoms with Gasteiger partial charge in [-0.2, -0.15) is 5.11 Å². The molecule has 0 saturated carbocycles. The first-order valence-electron chi connectivity index (χ1n) is 4.59. The molecule has 0 aliphatic heterocycles. The van der Waals surface area contributed by atoms with Gasteiger partial charge in [0.15, 0.2) is 0 Å². The van der Waals surface area contributed by atoms with Gasteiger partial charge in [-0.3, -0.25) is 0 Å². The smallest absolute Gasteiger partial charge is 0.744 e. The zero-order valence-corrected chi connectivity index (χ0v) is 12.4. The van der Waals surface area contributed by atoms with Gasteiger partial charge in [-0.25, -0.2) is 13.9 Å². The van der Waals surface area contributed by atoms with E-state index in [4.69, 9.17) is 11.3 Å². The fourth-order valence-electron chi connectivity index (χ4n) is 1.65. The third-order valence-electron chi connectivity index (χ3n) is 2.42. The second-order valence-electron chi connectivity index (χ2n) is 3.42. The van der Waals surface area contributed by atoms with E-state index < -0.39 is 15.0 Å². The van der Waals surface area contributed by atoms with Crippen molar-refractivity contribution in [2.45, 2.75) is 4.90 Å². The number of anilines is 1. The Morgan fingerprint density at radius 1 is 1.22 bits per heavy atom. The van der Waals surface area contributed by atoms with Crippen LogP contribution in [0, 0.1) is 5.53 Å². The minimum atomic E-state index is -4.63. The van der Waals surface area contributed by atoms with E-state index in [1.54, 1.807) is 18.2 Å². The molecule has 0 bridgehead atoms. The Morgan fingerprint density at radius 3 is 2.28 bits per heavy atom. The summed E-state index contributed by atoms with van der Waals surface area (Å²) in [5, 5.41) is 3.76. The summed E-state index contributed by atoms with van der Waals surface area (Å²) in [4.78, 5) is -0.409. The predicted octanol–water partition coefficient (Wildman–Crippen LogP) is -1.01. The molecule has 18 heavy (non-hydrogen) atoms. The monoisotopic (exact) mass is 273 g/mol. The maximum atomic E-state index is 11.1. The molecule has 0 spiro atoms. The van der Waals surface area contributed by atoms with Crippen LogP contribution in [0.25, 0.3) is 10.8 Å². The number of hydrogen-bond acceptors (Lipinski definition) is 6. The molecule has 0 aliphatic carbocycles. The van der Waals surface area contributed by atoms with Gasteiger partial charge in [0.25, 0.3) is 0 Å². The molecule has 88 valence electrons. The largest absolute Gasteiger partial charge is 1.00 e. The van der Waals surface area contributed by atoms with Crippen LogP contribution in [0.4, 0.5) is 11.4 Å². The number of nitrogens with two attached hydrogens (primary N) is 1. The zero-order chi connectivity index (χ0) is 12.6. The molecule has 0 amide bonds. The van der Waals surface area contributed by atoms with Gasteiger partial charge in [0.05, 0.1) is 10.6 Å². The summed E-state index contributed by atoms with van der Waals surface area (Å²) in [6, 6.07) is 7.35. The van der Waals surface area contributed by atoms with Gasteiger partial charge in [0.1, 0.15) is 15.8 Å². The van der Waals surface area contributed by atoms with Crippen molar-refractivity contribution in [3.05, 3.63) is 30.3 Å². The van der Waals surface area contributed by atoms with Crippen LogP contribution in [0.1, 0.15) is 0 Å². The average Bonchev–Trinajstić information content (AvgIpc) is 2.28. The molecular formula is C10H8N3NaO3S. The van der Waals surface area contributed by atoms with Crippen molar-refractivity contribution < 1.29 is 42.5 Å². The maximum Gasteiger partial charge on any atom is 1.00 e. The van der Waals surface area contributed by atoms with E-state index in [9.17, 15) is 13.0 Å². The molecule has 3 N–H and O–H groups in total. The number of rotatable bonds is 2. The molecule has 2 aromatic carbocycles. The molecule has 0 heterocycles. The van der Waals surface area contributed by atoms with Crippen molar-refractivity contribution in [3.63, 3.8) is 0 Å². The van der Waals surface area contributed by atoms with Crippen LogP contribution in [0.3, 0.4) is 0 Å². The van der Waals surface area contributed by atoms with Crippen molar-refractivity contribution in [3.8, 4) is 0 Å². The molecule has 0 aliphatic rings. The third kappa shape index (κ3) is 2.55. The Morgan fingerprint density at radius 2 is 1.78 bits per heavy atom. The molecule has 0 fully saturated rings. The minimum absolute atomic E-state index is 0. The standard InChI is InChI=1S/C10H9N3O3S.Na/c11-10-7-4-2-1-3-6(7)9(17(14,15)16)5-8(10)13-12;/h1-5,12H,11H2,(H,14,15,16);/q;+1/p-1. The number of nitrogen functional groups attached to an aromatic ring is 1. The number of hydrogen-bond donors (Lipinski definition) is 2. The van der Waals surface area contributed by atoms with E-state index in [1.165, 1.54) is 6.07 Å². The number of nitrogens with zero attached hydrogens (tertiary/aromatic N) is 1. The molecular weight excluding hydrogens is 265 g/mol. The number of nitrogens with one attached hydrogen (secondary N) is 1. The van der Waals surface area contributed by atoms with Crippen molar-refractivity contribution >= 4 is 32.3 Å². The van der Waals surface area contributed by atoms with E-state index in [-0.39, 0.29) is 46.3 Å². The fourth-order valence-corrected chi connectivity index (χ4v) is 2.35. The molecule has 0 aromatic heterocycles. The molecule has 0 atom stereocenters. The van der Waals surface area contributed by atoms with Crippen LogP contribution in [0.5, 0.6) is 0 Å². The minimum Gasteiger partial charge on any atom is -0.744 e. The maximum absolute atomic E-state index is 11.1. The predicted molar refractivity (Wildman–Crippen MR) is 61.1 cm³/mol. The summed E-state index contributed by atoms with van der Waals surface area (Å²) in [5.41, 5.74) is 12.8. The van der Waals surface area contributed by atoms with E-state index in [0.717, 1.165) is 6.07 Å². The topological polar surface area (TPSA) is 119 Å². The van der Waals surface area contributed by atoms with Crippen LogP contribution in [-0.2, 0) is 10.1 Å². The quantitative estimate of drug-likeness (QED) is 0.315. The zero-order valence-electron chi connectivity index (χ0n) is 9.54. The van der Waals surface area contributed by atoms with Gasteiger partial charge in [0.2, 0.25) is 0 Å². The second kappa shape index (κ2) is 5.33. The summed E-state index contributed by atoms with van der Waals surface area (Å²) < 4.78 is 33.4. The second-order valence-corrected chi connectivity index (χ2v) is 4.77. The van der Waals surface area contributed by atoms with E-state index in [2.05, 4.69) is 5.11 Å². The van der Waals surface area contributed by atoms with Gasteiger partial charge in [-0.15, -0.1) is 0 Å². The van der Waals surface area contributed by atoms with E-state index in [0.29, 0.717) is 5.39 Å². The first-order valence-corrected chi connectivity index (χ1v) is 6.00. The summed E-state index contributed by atoms with van der Waals surface area (Å²) >= 11 is 0. The third-order valence-corrected chi connectivity index (χ3v) is 3.29. The van der Waals surface area contributed by atoms with Crippen molar-refractivity contribution in [1.82, 2.24) is 0 Å². The SMILES string of the molecule is N=Nc1cc(S(=O)(=O)[O-])c2ccccc2c1N.[Na+]. The molecule has 0 saturated heterocycles. The van der Waals surface area contributed by atoms with Crippen LogP contribution in [0.15, 0.2) is 40.3 Å². The summed E-state index contributed by atoms with van der Waals surface area (Å²) in [6.45, 7) is 0. The van der Waals surface area contributed by atoms with Gasteiger partial charge in [0, 0.05) is 10.8 Å². The first kappa shape index (κ1) is 15.1. The fraction of sp³-hybridized carbons (Fsp3) is 0. The summed E-state index contributed by atoms with van der Waals surface area (Å²) in [7, 11) is -4.63. The molecule has 2 aromatic rings. The molecule has 6 nitrogen and oxygen atoms in total. The molecule has 2 rings (SSSR count). The molecule has 0 radical (unpaired) electrons. The summed E-state index contributed by atoms with van der Waals surface area (Å²) in [6.07, 6.45) is 0. The molecule has 8 heteroatoms. The molecule has 0 unspecified atom stereocenters. The van der Waals surface area contributed by atoms with Crippen LogP contribution >= 0.6 is 0 Å². The summed E-state index contributed by atoms with van der Waals surface area (Å²) in [5.74, 6) is 0. The van der Waals surface area contributed by atoms with Crippen LogP contribution in [-0.4, -0.2) is 13.0 Å². The first-order chi connectivity index (χ1) is 7.95. The Hall–Kier alpha value is -0.990.